The van der Waals surface area contributed by atoms with Gasteiger partial charge in [0.2, 0.25) is 5.95 Å². The molecule has 0 amide bonds. The van der Waals surface area contributed by atoms with Crippen LogP contribution in [0.15, 0.2) is 12.4 Å². The third kappa shape index (κ3) is 2.90. The summed E-state index contributed by atoms with van der Waals surface area (Å²) in [5.74, 6) is 0.593. The van der Waals surface area contributed by atoms with Crippen LogP contribution in [-0.4, -0.2) is 34.8 Å². The fraction of sp³-hybridized carbons (Fsp3) is 0.636. The van der Waals surface area contributed by atoms with Crippen LogP contribution in [0.5, 0.6) is 0 Å². The molecule has 0 atom stereocenters. The zero-order valence-electron chi connectivity index (χ0n) is 9.69. The number of aliphatic hydroxyl groups is 1. The van der Waals surface area contributed by atoms with E-state index in [4.69, 9.17) is 5.11 Å². The zero-order valence-corrected chi connectivity index (χ0v) is 9.69. The molecule has 1 aromatic heterocycles. The predicted molar refractivity (Wildman–Crippen MR) is 59.1 cm³/mol. The highest BCUT2D eigenvalue weighted by atomic mass is 19.4. The molecule has 2 heterocycles. The molecule has 4 nitrogen and oxygen atoms in total. The lowest BCUT2D eigenvalue weighted by Crippen LogP contribution is -2.35. The maximum Gasteiger partial charge on any atom is 0.419 e. The highest BCUT2D eigenvalue weighted by Crippen LogP contribution is 2.28. The van der Waals surface area contributed by atoms with Crippen LogP contribution in [0, 0.1) is 5.92 Å². The van der Waals surface area contributed by atoms with Crippen molar-refractivity contribution >= 4 is 5.95 Å². The molecule has 1 saturated heterocycles. The number of nitrogens with zero attached hydrogens (tertiary/aromatic N) is 3. The second kappa shape index (κ2) is 5.09. The van der Waals surface area contributed by atoms with Gasteiger partial charge >= 0.3 is 6.18 Å². The Morgan fingerprint density at radius 1 is 1.22 bits per heavy atom. The maximum absolute atomic E-state index is 12.3. The number of anilines is 1. The van der Waals surface area contributed by atoms with Gasteiger partial charge in [-0.2, -0.15) is 13.2 Å². The Balaban J connectivity index is 2.02. The SMILES string of the molecule is OCC1CCN(c2ncc(C(F)(F)F)cn2)CC1. The molecule has 1 aliphatic rings. The van der Waals surface area contributed by atoms with Gasteiger partial charge in [0.1, 0.15) is 0 Å². The van der Waals surface area contributed by atoms with Gasteiger partial charge in [-0.25, -0.2) is 9.97 Å². The monoisotopic (exact) mass is 261 g/mol. The number of piperidine rings is 1. The molecule has 1 aromatic rings. The number of rotatable bonds is 2. The summed E-state index contributed by atoms with van der Waals surface area (Å²) in [7, 11) is 0. The molecule has 7 heteroatoms. The number of hydrogen-bond acceptors (Lipinski definition) is 4. The first kappa shape index (κ1) is 13.1. The number of aliphatic hydroxyl groups excluding tert-OH is 1. The number of hydrogen-bond donors (Lipinski definition) is 1. The predicted octanol–water partition coefficient (Wildman–Crippen LogP) is 1.70. The van der Waals surface area contributed by atoms with Gasteiger partial charge in [0.15, 0.2) is 0 Å². The number of alkyl halides is 3. The molecule has 1 N–H and O–H groups in total. The van der Waals surface area contributed by atoms with Crippen molar-refractivity contribution in [3.8, 4) is 0 Å². The summed E-state index contributed by atoms with van der Waals surface area (Å²) in [5, 5.41) is 9.00. The first-order valence-corrected chi connectivity index (χ1v) is 5.75. The molecule has 1 aliphatic heterocycles. The highest BCUT2D eigenvalue weighted by Gasteiger charge is 2.31. The van der Waals surface area contributed by atoms with Crippen molar-refractivity contribution in [3.63, 3.8) is 0 Å². The van der Waals surface area contributed by atoms with Gasteiger partial charge in [-0.1, -0.05) is 0 Å². The van der Waals surface area contributed by atoms with Crippen molar-refractivity contribution in [1.82, 2.24) is 9.97 Å². The first-order valence-electron chi connectivity index (χ1n) is 5.75. The Morgan fingerprint density at radius 3 is 2.22 bits per heavy atom. The summed E-state index contributed by atoms with van der Waals surface area (Å²) >= 11 is 0. The first-order chi connectivity index (χ1) is 8.50. The molecule has 18 heavy (non-hydrogen) atoms. The second-order valence-corrected chi connectivity index (χ2v) is 4.38. The van der Waals surface area contributed by atoms with Crippen LogP contribution in [0.1, 0.15) is 18.4 Å². The van der Waals surface area contributed by atoms with Gasteiger partial charge in [0, 0.05) is 32.1 Å². The van der Waals surface area contributed by atoms with Gasteiger partial charge in [0.05, 0.1) is 5.56 Å². The Morgan fingerprint density at radius 2 is 1.78 bits per heavy atom. The highest BCUT2D eigenvalue weighted by molar-refractivity contribution is 5.31. The zero-order chi connectivity index (χ0) is 13.2. The standard InChI is InChI=1S/C11H14F3N3O/c12-11(13,14)9-5-15-10(16-6-9)17-3-1-8(7-18)2-4-17/h5-6,8,18H,1-4,7H2. The number of halogens is 3. The van der Waals surface area contributed by atoms with Crippen molar-refractivity contribution in [2.75, 3.05) is 24.6 Å². The minimum Gasteiger partial charge on any atom is -0.396 e. The van der Waals surface area contributed by atoms with Crippen LogP contribution in [0.25, 0.3) is 0 Å². The van der Waals surface area contributed by atoms with Crippen LogP contribution in [0.4, 0.5) is 19.1 Å². The van der Waals surface area contributed by atoms with Crippen LogP contribution < -0.4 is 4.90 Å². The molecule has 0 bridgehead atoms. The summed E-state index contributed by atoms with van der Waals surface area (Å²) in [6, 6.07) is 0. The summed E-state index contributed by atoms with van der Waals surface area (Å²) in [4.78, 5) is 9.34. The van der Waals surface area contributed by atoms with Gasteiger partial charge in [-0.05, 0) is 18.8 Å². The maximum atomic E-state index is 12.3. The van der Waals surface area contributed by atoms with Gasteiger partial charge < -0.3 is 10.0 Å². The van der Waals surface area contributed by atoms with Crippen molar-refractivity contribution in [2.45, 2.75) is 19.0 Å². The van der Waals surface area contributed by atoms with E-state index in [1.54, 1.807) is 0 Å². The van der Waals surface area contributed by atoms with E-state index in [2.05, 4.69) is 9.97 Å². The van der Waals surface area contributed by atoms with Gasteiger partial charge in [-0.3, -0.25) is 0 Å². The molecule has 0 aromatic carbocycles. The Labute approximate surface area is 102 Å². The van der Waals surface area contributed by atoms with E-state index in [1.165, 1.54) is 0 Å². The quantitative estimate of drug-likeness (QED) is 0.880. The fourth-order valence-corrected chi connectivity index (χ4v) is 1.95. The minimum atomic E-state index is -4.40. The molecule has 0 saturated carbocycles. The lowest BCUT2D eigenvalue weighted by atomic mass is 9.98. The molecular weight excluding hydrogens is 247 g/mol. The van der Waals surface area contributed by atoms with E-state index < -0.39 is 11.7 Å². The summed E-state index contributed by atoms with van der Waals surface area (Å²) in [6.45, 7) is 1.48. The Bertz CT molecular complexity index is 386. The molecule has 0 spiro atoms. The molecule has 0 aliphatic carbocycles. The van der Waals surface area contributed by atoms with Crippen LogP contribution in [-0.2, 0) is 6.18 Å². The number of aromatic nitrogens is 2. The van der Waals surface area contributed by atoms with Crippen molar-refractivity contribution in [3.05, 3.63) is 18.0 Å². The topological polar surface area (TPSA) is 49.2 Å². The molecule has 0 radical (unpaired) electrons. The van der Waals surface area contributed by atoms with E-state index >= 15 is 0 Å². The van der Waals surface area contributed by atoms with E-state index in [-0.39, 0.29) is 12.5 Å². The third-order valence-corrected chi connectivity index (χ3v) is 3.12. The van der Waals surface area contributed by atoms with Gasteiger partial charge in [0.25, 0.3) is 0 Å². The van der Waals surface area contributed by atoms with E-state index in [0.29, 0.717) is 19.0 Å². The lowest BCUT2D eigenvalue weighted by Gasteiger charge is -2.31. The summed E-state index contributed by atoms with van der Waals surface area (Å²) in [6.07, 6.45) is -1.18. The van der Waals surface area contributed by atoms with Crippen molar-refractivity contribution in [2.24, 2.45) is 5.92 Å². The third-order valence-electron chi connectivity index (χ3n) is 3.12. The van der Waals surface area contributed by atoms with E-state index in [1.807, 2.05) is 4.90 Å². The van der Waals surface area contributed by atoms with Gasteiger partial charge in [-0.15, -0.1) is 0 Å². The largest absolute Gasteiger partial charge is 0.419 e. The molecule has 0 unspecified atom stereocenters. The van der Waals surface area contributed by atoms with E-state index in [0.717, 1.165) is 25.2 Å². The van der Waals surface area contributed by atoms with Crippen molar-refractivity contribution < 1.29 is 18.3 Å². The molecule has 2 rings (SSSR count). The smallest absolute Gasteiger partial charge is 0.396 e. The second-order valence-electron chi connectivity index (χ2n) is 4.38. The van der Waals surface area contributed by atoms with Crippen LogP contribution in [0.3, 0.4) is 0 Å². The van der Waals surface area contributed by atoms with Crippen LogP contribution >= 0.6 is 0 Å². The fourth-order valence-electron chi connectivity index (χ4n) is 1.95. The normalized spacial score (nSPS) is 18.1. The summed E-state index contributed by atoms with van der Waals surface area (Å²) < 4.78 is 37.0. The molecule has 100 valence electrons. The average molecular weight is 261 g/mol. The van der Waals surface area contributed by atoms with Crippen LogP contribution in [0.2, 0.25) is 0 Å². The Kier molecular flexibility index (Phi) is 3.70. The average Bonchev–Trinajstić information content (AvgIpc) is 2.38. The summed E-state index contributed by atoms with van der Waals surface area (Å²) in [5.41, 5.74) is -0.837. The van der Waals surface area contributed by atoms with E-state index in [9.17, 15) is 13.2 Å². The minimum absolute atomic E-state index is 0.154. The molecular formula is C11H14F3N3O. The lowest BCUT2D eigenvalue weighted by molar-refractivity contribution is -0.138. The van der Waals surface area contributed by atoms with Crippen molar-refractivity contribution in [1.29, 1.82) is 0 Å². The molecule has 1 fully saturated rings. The Hall–Kier alpha value is -1.37.